The molecule has 0 saturated carbocycles. The Kier molecular flexibility index (Phi) is 8.13. The molecule has 0 bridgehead atoms. The van der Waals surface area contributed by atoms with Gasteiger partial charge >= 0.3 is 0 Å². The third-order valence-corrected chi connectivity index (χ3v) is 11.4. The molecule has 4 aromatic heterocycles. The van der Waals surface area contributed by atoms with Gasteiger partial charge in [0.25, 0.3) is 14.9 Å². The number of anilines is 2. The lowest BCUT2D eigenvalue weighted by Gasteiger charge is -2.30. The minimum absolute atomic E-state index is 0.316. The number of hydrogen-bond donors (Lipinski definition) is 3. The van der Waals surface area contributed by atoms with Crippen molar-refractivity contribution in [3.05, 3.63) is 42.1 Å². The van der Waals surface area contributed by atoms with Crippen LogP contribution >= 0.6 is 14.9 Å². The van der Waals surface area contributed by atoms with Crippen molar-refractivity contribution in [3.63, 3.8) is 0 Å². The lowest BCUT2D eigenvalue weighted by Crippen LogP contribution is -2.38. The molecule has 3 fully saturated rings. The standard InChI is InChI=1S/C27H28B2FN7O11P2/c28-49(39)44-10-16-22(20(38)27(46-16)37-7-12-2-5-41-34-14-1-4-31-24(37)17(12)14)48-50(29,40)43-9-15-21(47-49)19(30)26(45-15)36-8-13-3-6-42-35-23-18(13)25(36)33-11-32-23/h1,4,7-8,11,15-16,19-22,26-27,34,38H,2-3,5-6,9-10H2,(H,32,33,35)/t15-,16-,19?,20+,21+,22?,26-,27-,49?,50?/m1/s1. The second kappa shape index (κ2) is 12.3. The Morgan fingerprint density at radius 1 is 0.840 bits per heavy atom. The van der Waals surface area contributed by atoms with Gasteiger partial charge in [-0.3, -0.25) is 24.3 Å². The molecular weight excluding hydrogens is 701 g/mol. The highest BCUT2D eigenvalue weighted by Gasteiger charge is 2.53. The van der Waals surface area contributed by atoms with E-state index in [0.717, 1.165) is 16.5 Å². The summed E-state index contributed by atoms with van der Waals surface area (Å²) < 4.78 is 81.0. The van der Waals surface area contributed by atoms with Crippen molar-refractivity contribution < 1.29 is 55.9 Å². The molecule has 4 radical (unpaired) electrons. The van der Waals surface area contributed by atoms with Gasteiger partial charge in [-0.2, -0.15) is 0 Å². The molecule has 50 heavy (non-hydrogen) atoms. The van der Waals surface area contributed by atoms with Gasteiger partial charge in [0.15, 0.2) is 24.4 Å². The van der Waals surface area contributed by atoms with E-state index >= 15 is 4.39 Å². The van der Waals surface area contributed by atoms with Crippen LogP contribution < -0.4 is 11.0 Å². The Hall–Kier alpha value is -2.93. The number of hydrogen-bond acceptors (Lipinski definition) is 16. The van der Waals surface area contributed by atoms with E-state index in [1.807, 2.05) is 0 Å². The molecular formula is C27H28B2FN7O11P2. The highest BCUT2D eigenvalue weighted by atomic mass is 31.2. The van der Waals surface area contributed by atoms with Crippen LogP contribution in [0.1, 0.15) is 23.6 Å². The summed E-state index contributed by atoms with van der Waals surface area (Å²) in [6.07, 6.45) is -4.43. The Morgan fingerprint density at radius 3 is 2.22 bits per heavy atom. The minimum atomic E-state index is -4.55. The number of aliphatic hydroxyl groups is 1. The lowest BCUT2D eigenvalue weighted by atomic mass is 10.1. The number of fused-ring (bicyclic) bond motifs is 2. The van der Waals surface area contributed by atoms with Crippen molar-refractivity contribution in [1.82, 2.24) is 24.1 Å². The Bertz CT molecular complexity index is 1930. The molecule has 0 amide bonds. The van der Waals surface area contributed by atoms with Crippen LogP contribution in [0.4, 0.5) is 15.9 Å². The maximum atomic E-state index is 16.4. The summed E-state index contributed by atoms with van der Waals surface area (Å²) in [6, 6.07) is 1.75. The van der Waals surface area contributed by atoms with E-state index in [1.54, 1.807) is 29.2 Å². The van der Waals surface area contributed by atoms with Crippen molar-refractivity contribution in [3.8, 4) is 0 Å². The maximum Gasteiger partial charge on any atom is 0.264 e. The Labute approximate surface area is 284 Å². The van der Waals surface area contributed by atoms with Gasteiger partial charge in [0.1, 0.15) is 48.1 Å². The molecule has 3 N–H and O–H groups in total. The van der Waals surface area contributed by atoms with Crippen LogP contribution in [0, 0.1) is 0 Å². The summed E-state index contributed by atoms with van der Waals surface area (Å²) in [7, 11) is 2.97. The van der Waals surface area contributed by atoms with Gasteiger partial charge in [-0.1, -0.05) is 0 Å². The topological polar surface area (TPSA) is 201 Å². The number of nitrogens with zero attached hydrogens (tertiary/aromatic N) is 5. The maximum absolute atomic E-state index is 16.4. The highest BCUT2D eigenvalue weighted by molar-refractivity contribution is 7.79. The largest absolute Gasteiger partial charge is 0.386 e. The van der Waals surface area contributed by atoms with Crippen LogP contribution in [-0.2, 0) is 59.2 Å². The number of aliphatic hydroxyl groups excluding tert-OH is 1. The minimum Gasteiger partial charge on any atom is -0.386 e. The third kappa shape index (κ3) is 5.60. The van der Waals surface area contributed by atoms with Crippen molar-refractivity contribution in [2.45, 2.75) is 62.0 Å². The predicted molar refractivity (Wildman–Crippen MR) is 171 cm³/mol. The summed E-state index contributed by atoms with van der Waals surface area (Å²) in [5.74, 6) is 0.395. The average molecular weight is 729 g/mol. The molecule has 4 unspecified atom stereocenters. The SMILES string of the molecule is [B]P1(=O)OC[C@H]2O[C@@H](n3cc4c5c(ncnc53)NOCC4)C(F)[C@H]2OP([B])(=O)OC[C@H]2O[C@@H](n3cc4c5c(ccnc53)NOCC4)[C@@H](O)C2O1. The summed E-state index contributed by atoms with van der Waals surface area (Å²) in [4.78, 5) is 23.8. The fourth-order valence-electron chi connectivity index (χ4n) is 7.06. The highest BCUT2D eigenvalue weighted by Crippen LogP contribution is 2.54. The van der Waals surface area contributed by atoms with Crippen LogP contribution in [0.3, 0.4) is 0 Å². The van der Waals surface area contributed by atoms with Gasteiger partial charge in [-0.25, -0.2) is 24.8 Å². The van der Waals surface area contributed by atoms with Gasteiger partial charge in [0, 0.05) is 36.8 Å². The smallest absolute Gasteiger partial charge is 0.264 e. The Morgan fingerprint density at radius 2 is 1.46 bits per heavy atom. The van der Waals surface area contributed by atoms with Crippen LogP contribution in [0.5, 0.6) is 0 Å². The molecule has 0 aliphatic carbocycles. The quantitative estimate of drug-likeness (QED) is 0.200. The molecule has 260 valence electrons. The molecule has 3 saturated heterocycles. The first-order valence-corrected chi connectivity index (χ1v) is 18.9. The number of rotatable bonds is 2. The first-order valence-electron chi connectivity index (χ1n) is 15.7. The molecule has 0 spiro atoms. The first kappa shape index (κ1) is 32.9. The van der Waals surface area contributed by atoms with Gasteiger partial charge in [-0.15, -0.1) is 0 Å². The molecule has 9 heterocycles. The Balaban J connectivity index is 1.00. The molecule has 10 atom stereocenters. The van der Waals surface area contributed by atoms with E-state index < -0.39 is 77.3 Å². The fourth-order valence-corrected chi connectivity index (χ4v) is 9.09. The van der Waals surface area contributed by atoms with Crippen LogP contribution in [0.25, 0.3) is 22.1 Å². The molecule has 5 aliphatic rings. The molecule has 23 heteroatoms. The molecule has 18 nitrogen and oxygen atoms in total. The lowest BCUT2D eigenvalue weighted by molar-refractivity contribution is -0.0557. The number of halogens is 1. The molecule has 9 rings (SSSR count). The third-order valence-electron chi connectivity index (χ3n) is 9.28. The summed E-state index contributed by atoms with van der Waals surface area (Å²) in [5, 5.41) is 12.9. The number of alkyl halides is 1. The number of pyridine rings is 1. The second-order valence-electron chi connectivity index (χ2n) is 12.4. The van der Waals surface area contributed by atoms with Crippen LogP contribution in [0.15, 0.2) is 31.0 Å². The molecule has 5 aliphatic heterocycles. The number of ether oxygens (including phenoxy) is 2. The zero-order valence-corrected chi connectivity index (χ0v) is 27.7. The summed E-state index contributed by atoms with van der Waals surface area (Å²) in [6.45, 7) is -0.537. The van der Waals surface area contributed by atoms with E-state index in [-0.39, 0.29) is 0 Å². The van der Waals surface area contributed by atoms with E-state index in [1.165, 1.54) is 10.9 Å². The van der Waals surface area contributed by atoms with E-state index in [0.29, 0.717) is 54.2 Å². The van der Waals surface area contributed by atoms with Crippen molar-refractivity contribution in [2.75, 3.05) is 37.4 Å². The van der Waals surface area contributed by atoms with Gasteiger partial charge < -0.3 is 41.8 Å². The van der Waals surface area contributed by atoms with Crippen LogP contribution in [-0.4, -0.2) is 107 Å². The zero-order valence-electron chi connectivity index (χ0n) is 25.9. The number of nitrogens with one attached hydrogen (secondary N) is 2. The summed E-state index contributed by atoms with van der Waals surface area (Å²) in [5.41, 5.74) is 8.74. The molecule has 0 aromatic carbocycles. The predicted octanol–water partition coefficient (Wildman–Crippen LogP) is 2.14. The van der Waals surface area contributed by atoms with Crippen LogP contribution in [0.2, 0.25) is 0 Å². The van der Waals surface area contributed by atoms with E-state index in [2.05, 4.69) is 25.9 Å². The van der Waals surface area contributed by atoms with Crippen molar-refractivity contribution in [1.29, 1.82) is 0 Å². The fraction of sp³-hybridized carbons (Fsp3) is 0.519. The monoisotopic (exact) mass is 729 g/mol. The van der Waals surface area contributed by atoms with E-state index in [4.69, 9.17) is 52.4 Å². The summed E-state index contributed by atoms with van der Waals surface area (Å²) >= 11 is 0. The first-order chi connectivity index (χ1) is 24.1. The second-order valence-corrected chi connectivity index (χ2v) is 15.5. The van der Waals surface area contributed by atoms with Crippen molar-refractivity contribution >= 4 is 63.7 Å². The molecule has 4 aromatic rings. The number of aromatic nitrogens is 5. The van der Waals surface area contributed by atoms with Gasteiger partial charge in [0.2, 0.25) is 15.1 Å². The van der Waals surface area contributed by atoms with E-state index in [9.17, 15) is 14.2 Å². The van der Waals surface area contributed by atoms with Gasteiger partial charge in [-0.05, 0) is 17.2 Å². The van der Waals surface area contributed by atoms with Crippen molar-refractivity contribution in [2.24, 2.45) is 0 Å². The van der Waals surface area contributed by atoms with Gasteiger partial charge in [0.05, 0.1) is 37.5 Å². The normalized spacial score (nSPS) is 37.5. The zero-order chi connectivity index (χ0) is 34.4. The average Bonchev–Trinajstić information content (AvgIpc) is 3.71.